The topological polar surface area (TPSA) is 28.2 Å². The van der Waals surface area contributed by atoms with Gasteiger partial charge in [-0.05, 0) is 0 Å². The summed E-state index contributed by atoms with van der Waals surface area (Å²) in [6.45, 7) is 0. The molecule has 0 atom stereocenters. The fourth-order valence-corrected chi connectivity index (χ4v) is 1.07. The second-order valence-corrected chi connectivity index (χ2v) is 3.05. The predicted molar refractivity (Wildman–Crippen MR) is 70.0 cm³/mol. The van der Waals surface area contributed by atoms with Crippen molar-refractivity contribution >= 4 is 10.8 Å². The standard InChI is InChI=1S/C9H7.2C2H6N.ClH.Ti/c1-2-5-9-7-3-6-8(9)4-1;2*1-3-2;;/h1-7H;2*1-2H3;1H;/q3*-1;;+4/p-1. The Morgan fingerprint density at radius 3 is 1.82 bits per heavy atom. The van der Waals surface area contributed by atoms with Gasteiger partial charge in [-0.2, -0.15) is 45.7 Å². The van der Waals surface area contributed by atoms with Crippen LogP contribution in [0, 0.1) is 0 Å². The van der Waals surface area contributed by atoms with E-state index in [4.69, 9.17) is 0 Å². The number of benzene rings is 1. The molecule has 2 rings (SSSR count). The molecule has 0 spiro atoms. The van der Waals surface area contributed by atoms with E-state index in [1.54, 1.807) is 28.2 Å². The Kier molecular flexibility index (Phi) is 20.4. The third kappa shape index (κ3) is 10.6. The van der Waals surface area contributed by atoms with E-state index in [1.807, 2.05) is 0 Å². The van der Waals surface area contributed by atoms with Gasteiger partial charge in [-0.3, -0.25) is 0 Å². The van der Waals surface area contributed by atoms with Crippen LogP contribution in [0.15, 0.2) is 42.5 Å². The molecule has 17 heavy (non-hydrogen) atoms. The number of nitrogens with zero attached hydrogens (tertiary/aromatic N) is 2. The largest absolute Gasteiger partial charge is 4.00 e. The van der Waals surface area contributed by atoms with Crippen LogP contribution in [0.1, 0.15) is 0 Å². The smallest absolute Gasteiger partial charge is 1.00 e. The molecule has 2 aromatic carbocycles. The van der Waals surface area contributed by atoms with Crippen molar-refractivity contribution < 1.29 is 34.1 Å². The van der Waals surface area contributed by atoms with Crippen LogP contribution in [0.3, 0.4) is 0 Å². The molecule has 0 fully saturated rings. The molecule has 0 aliphatic carbocycles. The molecule has 0 saturated heterocycles. The Labute approximate surface area is 126 Å². The van der Waals surface area contributed by atoms with Crippen molar-refractivity contribution in [3.05, 3.63) is 53.1 Å². The first-order chi connectivity index (χ1) is 7.29. The number of hydrogen-bond donors (Lipinski definition) is 0. The first-order valence-electron chi connectivity index (χ1n) is 4.86. The quantitative estimate of drug-likeness (QED) is 0.506. The second-order valence-electron chi connectivity index (χ2n) is 3.05. The van der Waals surface area contributed by atoms with Crippen LogP contribution in [-0.2, 0) is 21.7 Å². The molecule has 0 radical (unpaired) electrons. The fourth-order valence-electron chi connectivity index (χ4n) is 1.07. The maximum absolute atomic E-state index is 3.50. The zero-order valence-corrected chi connectivity index (χ0v) is 13.1. The van der Waals surface area contributed by atoms with E-state index in [0.29, 0.717) is 0 Å². The minimum atomic E-state index is 0. The van der Waals surface area contributed by atoms with Gasteiger partial charge in [0.05, 0.1) is 0 Å². The van der Waals surface area contributed by atoms with Crippen LogP contribution >= 0.6 is 0 Å². The Hall–Kier alpha value is -0.246. The van der Waals surface area contributed by atoms with E-state index < -0.39 is 0 Å². The van der Waals surface area contributed by atoms with Crippen LogP contribution in [0.2, 0.25) is 0 Å². The van der Waals surface area contributed by atoms with Gasteiger partial charge in [0.1, 0.15) is 0 Å². The molecule has 0 amide bonds. The summed E-state index contributed by atoms with van der Waals surface area (Å²) in [5.41, 5.74) is 0. The van der Waals surface area contributed by atoms with Gasteiger partial charge in [0, 0.05) is 0 Å². The minimum Gasteiger partial charge on any atom is -1.00 e. The van der Waals surface area contributed by atoms with Crippen LogP contribution in [0.25, 0.3) is 21.4 Å². The van der Waals surface area contributed by atoms with Crippen LogP contribution in [0.4, 0.5) is 0 Å². The third-order valence-electron chi connectivity index (χ3n) is 1.55. The molecule has 0 unspecified atom stereocenters. The van der Waals surface area contributed by atoms with Crippen LogP contribution in [-0.4, -0.2) is 28.2 Å². The maximum atomic E-state index is 3.50. The Balaban J connectivity index is -0.000000215. The van der Waals surface area contributed by atoms with Gasteiger partial charge in [0.25, 0.3) is 0 Å². The van der Waals surface area contributed by atoms with E-state index in [1.165, 1.54) is 10.8 Å². The van der Waals surface area contributed by atoms with Crippen molar-refractivity contribution in [1.29, 1.82) is 0 Å². The van der Waals surface area contributed by atoms with E-state index in [9.17, 15) is 0 Å². The molecule has 0 aliphatic heterocycles. The third-order valence-corrected chi connectivity index (χ3v) is 1.55. The summed E-state index contributed by atoms with van der Waals surface area (Å²) in [7, 11) is 7.00. The first-order valence-corrected chi connectivity index (χ1v) is 4.86. The fraction of sp³-hybridized carbons (Fsp3) is 0.308. The molecular weight excluding hydrogens is 267 g/mol. The van der Waals surface area contributed by atoms with E-state index in [2.05, 4.69) is 53.1 Å². The van der Waals surface area contributed by atoms with Gasteiger partial charge in [0.15, 0.2) is 0 Å². The SMILES string of the molecule is C[N-]C.C[N-]C.[Cl-].[Ti+4].c1ccc2[cH-]ccc2c1. The molecule has 2 aromatic rings. The molecule has 0 N–H and O–H groups in total. The van der Waals surface area contributed by atoms with Gasteiger partial charge in [0.2, 0.25) is 0 Å². The summed E-state index contributed by atoms with van der Waals surface area (Å²) in [5, 5.41) is 9.66. The van der Waals surface area contributed by atoms with E-state index >= 15 is 0 Å². The zero-order chi connectivity index (χ0) is 11.5. The molecule has 4 heteroatoms. The Bertz CT molecular complexity index is 318. The summed E-state index contributed by atoms with van der Waals surface area (Å²) >= 11 is 0. The average Bonchev–Trinajstić information content (AvgIpc) is 2.67. The maximum Gasteiger partial charge on any atom is 4.00 e. The van der Waals surface area contributed by atoms with Crippen molar-refractivity contribution in [3.63, 3.8) is 0 Å². The Morgan fingerprint density at radius 1 is 0.882 bits per heavy atom. The summed E-state index contributed by atoms with van der Waals surface area (Å²) in [6.07, 6.45) is 0. The number of rotatable bonds is 0. The average molecular weight is 287 g/mol. The normalized spacial score (nSPS) is 7.53. The summed E-state index contributed by atoms with van der Waals surface area (Å²) in [6, 6.07) is 14.7. The van der Waals surface area contributed by atoms with Gasteiger partial charge in [-0.1, -0.05) is 6.07 Å². The van der Waals surface area contributed by atoms with Crippen LogP contribution < -0.4 is 12.4 Å². The van der Waals surface area contributed by atoms with Gasteiger partial charge >= 0.3 is 21.7 Å². The zero-order valence-electron chi connectivity index (χ0n) is 10.8. The molecule has 0 aliphatic rings. The minimum absolute atomic E-state index is 0. The van der Waals surface area contributed by atoms with Crippen molar-refractivity contribution in [2.75, 3.05) is 28.2 Å². The number of halogens is 1. The van der Waals surface area contributed by atoms with E-state index in [0.717, 1.165) is 0 Å². The van der Waals surface area contributed by atoms with E-state index in [-0.39, 0.29) is 34.1 Å². The molecule has 0 bridgehead atoms. The van der Waals surface area contributed by atoms with Crippen molar-refractivity contribution in [3.8, 4) is 0 Å². The monoisotopic (exact) mass is 286 g/mol. The summed E-state index contributed by atoms with van der Waals surface area (Å²) < 4.78 is 0. The van der Waals surface area contributed by atoms with Crippen LogP contribution in [0.5, 0.6) is 0 Å². The molecule has 92 valence electrons. The summed E-state index contributed by atoms with van der Waals surface area (Å²) in [5.74, 6) is 0. The van der Waals surface area contributed by atoms with Gasteiger partial charge in [-0.15, -0.1) is 29.7 Å². The van der Waals surface area contributed by atoms with Gasteiger partial charge in [-0.25, -0.2) is 0 Å². The molecule has 2 nitrogen and oxygen atoms in total. The Morgan fingerprint density at radius 2 is 1.35 bits per heavy atom. The molecule has 0 aromatic heterocycles. The van der Waals surface area contributed by atoms with Crippen molar-refractivity contribution in [2.24, 2.45) is 0 Å². The van der Waals surface area contributed by atoms with Gasteiger partial charge < -0.3 is 23.0 Å². The summed E-state index contributed by atoms with van der Waals surface area (Å²) in [4.78, 5) is 0. The number of fused-ring (bicyclic) bond motifs is 1. The predicted octanol–water partition coefficient (Wildman–Crippen LogP) is 0.800. The second kappa shape index (κ2) is 15.8. The first kappa shape index (κ1) is 22.0. The van der Waals surface area contributed by atoms with Crippen molar-refractivity contribution in [1.82, 2.24) is 0 Å². The number of hydrogen-bond acceptors (Lipinski definition) is 0. The van der Waals surface area contributed by atoms with Crippen molar-refractivity contribution in [2.45, 2.75) is 0 Å². The molecule has 0 heterocycles. The molecular formula is C13H19ClN2Ti. The molecule has 0 saturated carbocycles.